The first-order valence-electron chi connectivity index (χ1n) is 13.3. The molecule has 1 N–H and O–H groups in total. The van der Waals surface area contributed by atoms with Crippen molar-refractivity contribution in [3.63, 3.8) is 0 Å². The van der Waals surface area contributed by atoms with Gasteiger partial charge in [0.1, 0.15) is 6.54 Å². The topological polar surface area (TPSA) is 65.6 Å². The lowest BCUT2D eigenvalue weighted by molar-refractivity contribution is -0.138. The second-order valence-corrected chi connectivity index (χ2v) is 9.92. The van der Waals surface area contributed by atoms with Crippen molar-refractivity contribution in [2.45, 2.75) is 25.3 Å². The normalized spacial score (nSPS) is 12.0. The molecule has 0 saturated heterocycles. The van der Waals surface area contributed by atoms with Crippen LogP contribution in [0.2, 0.25) is 0 Å². The molecule has 12 heteroatoms. The van der Waals surface area contributed by atoms with Crippen molar-refractivity contribution < 1.29 is 40.7 Å². The minimum atomic E-state index is -4.66. The van der Waals surface area contributed by atoms with E-state index in [1.54, 1.807) is 0 Å². The van der Waals surface area contributed by atoms with Crippen molar-refractivity contribution >= 4 is 22.7 Å². The number of aromatic nitrogens is 1. The fraction of sp³-hybridized carbons (Fsp3) is 0.290. The second kappa shape index (κ2) is 13.3. The summed E-state index contributed by atoms with van der Waals surface area (Å²) in [6.45, 7) is -0.417. The number of amides is 2. The van der Waals surface area contributed by atoms with Crippen LogP contribution in [0, 0.1) is 0 Å². The lowest BCUT2D eigenvalue weighted by atomic mass is 10.1. The van der Waals surface area contributed by atoms with Crippen LogP contribution in [0.3, 0.4) is 0 Å². The molecule has 0 aliphatic rings. The summed E-state index contributed by atoms with van der Waals surface area (Å²) in [7, 11) is 1.38. The van der Waals surface area contributed by atoms with Gasteiger partial charge in [0, 0.05) is 49.4 Å². The number of ether oxygens (including phenoxy) is 1. The summed E-state index contributed by atoms with van der Waals surface area (Å²) in [6.07, 6.45) is -6.97. The maximum atomic E-state index is 13.7. The predicted octanol–water partition coefficient (Wildman–Crippen LogP) is 6.57. The Hall–Kier alpha value is -4.32. The number of aromatic amines is 1. The number of alkyl halides is 6. The van der Waals surface area contributed by atoms with Gasteiger partial charge in [-0.25, -0.2) is 0 Å². The summed E-state index contributed by atoms with van der Waals surface area (Å²) in [5.74, 6) is -1.32. The van der Waals surface area contributed by atoms with E-state index < -0.39 is 41.8 Å². The van der Waals surface area contributed by atoms with E-state index in [0.717, 1.165) is 51.7 Å². The van der Waals surface area contributed by atoms with Crippen LogP contribution < -0.4 is 0 Å². The Balaban J connectivity index is 1.58. The van der Waals surface area contributed by atoms with Gasteiger partial charge in [0.2, 0.25) is 5.91 Å². The van der Waals surface area contributed by atoms with Crippen molar-refractivity contribution in [2.75, 3.05) is 33.4 Å². The van der Waals surface area contributed by atoms with Crippen LogP contribution in [-0.4, -0.2) is 59.9 Å². The molecule has 228 valence electrons. The number of nitrogens with one attached hydrogen (secondary N) is 1. The van der Waals surface area contributed by atoms with Crippen LogP contribution in [0.4, 0.5) is 26.3 Å². The van der Waals surface area contributed by atoms with Crippen LogP contribution in [0.5, 0.6) is 0 Å². The first-order valence-corrected chi connectivity index (χ1v) is 13.3. The molecule has 0 unspecified atom stereocenters. The largest absolute Gasteiger partial charge is 0.416 e. The number of benzene rings is 3. The smallest absolute Gasteiger partial charge is 0.383 e. The second-order valence-electron chi connectivity index (χ2n) is 9.92. The SMILES string of the molecule is COCCN(CC(=O)N(CCc1c[nH]c2ccccc12)Cc1ccc(C(F)(F)F)cc1)C(=O)c1cccc(C(F)(F)F)c1. The minimum Gasteiger partial charge on any atom is -0.383 e. The summed E-state index contributed by atoms with van der Waals surface area (Å²) in [5.41, 5.74) is 0.178. The molecule has 1 heterocycles. The number of hydrogen-bond donors (Lipinski definition) is 1. The molecule has 2 amide bonds. The van der Waals surface area contributed by atoms with Crippen LogP contribution in [-0.2, 0) is 34.8 Å². The molecule has 3 aromatic carbocycles. The molecule has 0 spiro atoms. The Morgan fingerprint density at radius 2 is 1.51 bits per heavy atom. The number of methoxy groups -OCH3 is 1. The highest BCUT2D eigenvalue weighted by Gasteiger charge is 2.32. The molecule has 0 bridgehead atoms. The first kappa shape index (κ1) is 31.6. The van der Waals surface area contributed by atoms with E-state index >= 15 is 0 Å². The van der Waals surface area contributed by atoms with Crippen molar-refractivity contribution in [2.24, 2.45) is 0 Å². The Labute approximate surface area is 243 Å². The van der Waals surface area contributed by atoms with Gasteiger partial charge in [-0.1, -0.05) is 36.4 Å². The fourth-order valence-electron chi connectivity index (χ4n) is 4.63. The van der Waals surface area contributed by atoms with Crippen molar-refractivity contribution in [3.05, 3.63) is 107 Å². The molecule has 0 aliphatic carbocycles. The molecule has 0 atom stereocenters. The predicted molar refractivity (Wildman–Crippen MR) is 148 cm³/mol. The van der Waals surface area contributed by atoms with E-state index in [4.69, 9.17) is 4.74 Å². The van der Waals surface area contributed by atoms with Crippen molar-refractivity contribution in [1.82, 2.24) is 14.8 Å². The van der Waals surface area contributed by atoms with Crippen LogP contribution in [0.25, 0.3) is 10.9 Å². The number of hydrogen-bond acceptors (Lipinski definition) is 3. The van der Waals surface area contributed by atoms with Crippen LogP contribution in [0.15, 0.2) is 79.0 Å². The molecule has 0 saturated carbocycles. The zero-order valence-corrected chi connectivity index (χ0v) is 23.1. The maximum Gasteiger partial charge on any atom is 0.416 e. The molecule has 6 nitrogen and oxygen atoms in total. The van der Waals surface area contributed by atoms with Gasteiger partial charge in [0.15, 0.2) is 0 Å². The maximum absolute atomic E-state index is 13.7. The Bertz CT molecular complexity index is 1550. The minimum absolute atomic E-state index is 0.0201. The molecular formula is C31H29F6N3O3. The zero-order chi connectivity index (χ0) is 31.2. The summed E-state index contributed by atoms with van der Waals surface area (Å²) in [6, 6.07) is 15.9. The molecule has 4 aromatic rings. The number of H-pyrrole nitrogens is 1. The third-order valence-electron chi connectivity index (χ3n) is 6.95. The highest BCUT2D eigenvalue weighted by molar-refractivity contribution is 5.96. The monoisotopic (exact) mass is 605 g/mol. The highest BCUT2D eigenvalue weighted by Crippen LogP contribution is 2.30. The third kappa shape index (κ3) is 8.16. The van der Waals surface area contributed by atoms with Gasteiger partial charge >= 0.3 is 12.4 Å². The van der Waals surface area contributed by atoms with Gasteiger partial charge in [0.25, 0.3) is 5.91 Å². The van der Waals surface area contributed by atoms with Gasteiger partial charge in [-0.05, 0) is 53.9 Å². The van der Waals surface area contributed by atoms with Gasteiger partial charge in [0.05, 0.1) is 17.7 Å². The average Bonchev–Trinajstić information content (AvgIpc) is 3.39. The zero-order valence-electron chi connectivity index (χ0n) is 23.1. The number of para-hydroxylation sites is 1. The molecule has 0 aliphatic heterocycles. The van der Waals surface area contributed by atoms with E-state index in [1.165, 1.54) is 30.2 Å². The van der Waals surface area contributed by atoms with E-state index in [-0.39, 0.29) is 31.8 Å². The molecular weight excluding hydrogens is 576 g/mol. The van der Waals surface area contributed by atoms with E-state index in [9.17, 15) is 35.9 Å². The molecule has 0 radical (unpaired) electrons. The van der Waals surface area contributed by atoms with Gasteiger partial charge in [-0.2, -0.15) is 26.3 Å². The summed E-state index contributed by atoms with van der Waals surface area (Å²) in [4.78, 5) is 32.6. The number of carbonyl (C=O) groups excluding carboxylic acids is 2. The van der Waals surface area contributed by atoms with E-state index in [2.05, 4.69) is 4.98 Å². The number of rotatable bonds is 11. The number of carbonyl (C=O) groups is 2. The summed E-state index contributed by atoms with van der Waals surface area (Å²) < 4.78 is 84.2. The van der Waals surface area contributed by atoms with Crippen LogP contribution in [0.1, 0.15) is 32.6 Å². The molecule has 43 heavy (non-hydrogen) atoms. The number of halogens is 6. The third-order valence-corrected chi connectivity index (χ3v) is 6.95. The van der Waals surface area contributed by atoms with Gasteiger partial charge in [-0.3, -0.25) is 9.59 Å². The first-order chi connectivity index (χ1) is 20.4. The Kier molecular flexibility index (Phi) is 9.80. The van der Waals surface area contributed by atoms with E-state index in [1.807, 2.05) is 30.5 Å². The Morgan fingerprint density at radius 3 is 2.19 bits per heavy atom. The van der Waals surface area contributed by atoms with Gasteiger partial charge in [-0.15, -0.1) is 0 Å². The lowest BCUT2D eigenvalue weighted by Crippen LogP contribution is -2.44. The molecule has 4 rings (SSSR count). The summed E-state index contributed by atoms with van der Waals surface area (Å²) >= 11 is 0. The van der Waals surface area contributed by atoms with Crippen molar-refractivity contribution in [1.29, 1.82) is 0 Å². The standard InChI is InChI=1S/C31H29F6N3O3/c1-43-16-15-40(29(42)22-5-4-6-25(17-22)31(35,36)37)20-28(41)39(19-21-9-11-24(12-10-21)30(32,33)34)14-13-23-18-38-27-8-3-2-7-26(23)27/h2-12,17-18,38H,13-16,19-20H2,1H3. The lowest BCUT2D eigenvalue weighted by Gasteiger charge is -2.28. The number of nitrogens with zero attached hydrogens (tertiary/aromatic N) is 2. The quantitative estimate of drug-likeness (QED) is 0.197. The highest BCUT2D eigenvalue weighted by atomic mass is 19.4. The van der Waals surface area contributed by atoms with Crippen LogP contribution >= 0.6 is 0 Å². The summed E-state index contributed by atoms with van der Waals surface area (Å²) in [5, 5.41) is 0.950. The average molecular weight is 606 g/mol. The van der Waals surface area contributed by atoms with Gasteiger partial charge < -0.3 is 19.5 Å². The molecule has 0 fully saturated rings. The fourth-order valence-corrected chi connectivity index (χ4v) is 4.63. The number of fused-ring (bicyclic) bond motifs is 1. The Morgan fingerprint density at radius 1 is 0.814 bits per heavy atom. The van der Waals surface area contributed by atoms with E-state index in [0.29, 0.717) is 12.0 Å². The van der Waals surface area contributed by atoms with Crippen molar-refractivity contribution in [3.8, 4) is 0 Å². The molecule has 1 aromatic heterocycles.